The van der Waals surface area contributed by atoms with E-state index < -0.39 is 111 Å². The molecule has 0 amide bonds. The lowest BCUT2D eigenvalue weighted by Gasteiger charge is -2.43. The van der Waals surface area contributed by atoms with Crippen molar-refractivity contribution in [2.45, 2.75) is 73.2 Å². The minimum Gasteiger partial charge on any atom is -0.481 e. The van der Waals surface area contributed by atoms with Crippen LogP contribution in [0.3, 0.4) is 0 Å². The molecule has 0 radical (unpaired) electrons. The summed E-state index contributed by atoms with van der Waals surface area (Å²) in [6.45, 7) is -2.82. The van der Waals surface area contributed by atoms with Gasteiger partial charge in [0.2, 0.25) is 5.79 Å². The number of carboxylic acid groups (broad SMARTS) is 2. The minimum absolute atomic E-state index is 0. The van der Waals surface area contributed by atoms with Gasteiger partial charge in [-0.15, -0.1) is 0 Å². The maximum atomic E-state index is 12.0. The molecule has 1 unspecified atom stereocenters. The number of carboxylic acids is 2. The van der Waals surface area contributed by atoms with Gasteiger partial charge in [0.15, 0.2) is 11.9 Å². The first-order valence-corrected chi connectivity index (χ1v) is 10.2. The monoisotopic (exact) mass is 533 g/mol. The van der Waals surface area contributed by atoms with Crippen molar-refractivity contribution >= 4 is 17.9 Å². The molecule has 0 saturated carbocycles. The fourth-order valence-corrected chi connectivity index (χ4v) is 3.55. The Hall–Kier alpha value is -2.07. The molecule has 2 saturated heterocycles. The van der Waals surface area contributed by atoms with Gasteiger partial charge in [-0.05, 0) is 0 Å². The molecule has 10 atom stereocenters. The molecule has 18 heteroatoms. The quantitative estimate of drug-likeness (QED) is 0.110. The number of aliphatic carboxylic acids is 2. The van der Waals surface area contributed by atoms with Crippen LogP contribution in [0.25, 0.3) is 0 Å². The largest absolute Gasteiger partial charge is 0.481 e. The number of carbonyl (C=O) groups excluding carboxylic acids is 1. The zero-order valence-corrected chi connectivity index (χ0v) is 18.7. The van der Waals surface area contributed by atoms with E-state index in [1.54, 1.807) is 0 Å². The van der Waals surface area contributed by atoms with E-state index in [0.29, 0.717) is 0 Å². The maximum Gasteiger partial charge on any atom is 0.336 e. The summed E-state index contributed by atoms with van der Waals surface area (Å²) < 4.78 is 20.4. The van der Waals surface area contributed by atoms with Crippen LogP contribution in [0.1, 0.15) is 12.8 Å². The highest BCUT2D eigenvalue weighted by Gasteiger charge is 2.58. The number of hydrogen-bond acceptors (Lipinski definition) is 16. The van der Waals surface area contributed by atoms with Crippen molar-refractivity contribution in [1.82, 2.24) is 6.15 Å². The molecule has 0 bridgehead atoms. The Morgan fingerprint density at radius 1 is 0.889 bits per heavy atom. The van der Waals surface area contributed by atoms with Gasteiger partial charge in [0, 0.05) is 0 Å². The fraction of sp³-hybridized carbons (Fsp3) is 0.833. The van der Waals surface area contributed by atoms with Gasteiger partial charge in [0.05, 0.1) is 19.4 Å². The highest BCUT2D eigenvalue weighted by Crippen LogP contribution is 2.36. The lowest BCUT2D eigenvalue weighted by molar-refractivity contribution is -0.383. The van der Waals surface area contributed by atoms with E-state index in [1.807, 2.05) is 0 Å². The zero-order chi connectivity index (χ0) is 26.7. The summed E-state index contributed by atoms with van der Waals surface area (Å²) in [4.78, 5) is 33.9. The predicted molar refractivity (Wildman–Crippen MR) is 107 cm³/mol. The summed E-state index contributed by atoms with van der Waals surface area (Å²) in [6.07, 6.45) is -17.3. The van der Waals surface area contributed by atoms with Crippen LogP contribution in [0.15, 0.2) is 0 Å². The van der Waals surface area contributed by atoms with Crippen LogP contribution in [-0.4, -0.2) is 149 Å². The molecule has 2 heterocycles. The van der Waals surface area contributed by atoms with E-state index in [-0.39, 0.29) is 6.15 Å². The second kappa shape index (κ2) is 12.4. The second-order valence-electron chi connectivity index (χ2n) is 8.14. The molecule has 2 rings (SSSR count). The van der Waals surface area contributed by atoms with Gasteiger partial charge in [-0.25, -0.2) is 4.79 Å². The molecule has 2 aliphatic heterocycles. The van der Waals surface area contributed by atoms with Gasteiger partial charge in [0.1, 0.15) is 55.9 Å². The van der Waals surface area contributed by atoms with Crippen LogP contribution in [0, 0.1) is 0 Å². The zero-order valence-electron chi connectivity index (χ0n) is 18.7. The summed E-state index contributed by atoms with van der Waals surface area (Å²) in [5, 5.41) is 97.1. The van der Waals surface area contributed by atoms with E-state index in [9.17, 15) is 55.2 Å². The van der Waals surface area contributed by atoms with Gasteiger partial charge in [-0.1, -0.05) is 0 Å². The Morgan fingerprint density at radius 3 is 1.97 bits per heavy atom. The van der Waals surface area contributed by atoms with Crippen LogP contribution in [-0.2, 0) is 33.3 Å². The number of carbonyl (C=O) groups is 3. The molecule has 2 fully saturated rings. The van der Waals surface area contributed by atoms with Gasteiger partial charge >= 0.3 is 17.9 Å². The molecule has 210 valence electrons. The molecule has 0 aromatic carbocycles. The Morgan fingerprint density at radius 2 is 1.50 bits per heavy atom. The lowest BCUT2D eigenvalue weighted by atomic mass is 9.96. The maximum absolute atomic E-state index is 12.0. The summed E-state index contributed by atoms with van der Waals surface area (Å²) in [5.74, 6) is -7.57. The topological polar surface area (TPSA) is 325 Å². The number of esters is 1. The van der Waals surface area contributed by atoms with Gasteiger partial charge in [-0.2, -0.15) is 0 Å². The van der Waals surface area contributed by atoms with Gasteiger partial charge in [-0.3, -0.25) is 9.59 Å². The molecule has 0 aromatic heterocycles. The predicted octanol–water partition coefficient (Wildman–Crippen LogP) is -6.00. The Balaban J connectivity index is 0.00000648. The molecular weight excluding hydrogens is 502 g/mol. The standard InChI is InChI=1S/C18H28O17.H3N/c19-3-6-11(25)14(28)18(5-20,34-6)35-15-13(27)12(26)10(24)7(33-15)4-32-9(23)2-17(31,16(29)30)1-8(21)22;/h6-7,10-15,19-20,24-28,31H,1-5H2,(H,21,22)(H,29,30);1H3/t6-,7-,10-,11-,12+,13-,14+,15-,17?,18+;/m1./s1. The SMILES string of the molecule is N.O=C(O)CC(O)(CC(=O)OC[C@H]1O[C@H](O[C@]2(CO)O[C@H](CO)[C@@H](O)[C@@H]2O)[C@H](O)[C@@H](O)[C@@H]1O)C(=O)O. The number of hydrogen-bond donors (Lipinski definition) is 11. The molecule has 0 aliphatic carbocycles. The lowest BCUT2D eigenvalue weighted by Crippen LogP contribution is -2.63. The van der Waals surface area contributed by atoms with Crippen molar-refractivity contribution in [2.24, 2.45) is 0 Å². The van der Waals surface area contributed by atoms with Crippen molar-refractivity contribution < 1.29 is 84.4 Å². The smallest absolute Gasteiger partial charge is 0.336 e. The molecule has 18 nitrogen and oxygen atoms in total. The van der Waals surface area contributed by atoms with Crippen LogP contribution in [0.4, 0.5) is 0 Å². The third-order valence-corrected chi connectivity index (χ3v) is 5.58. The molecule has 36 heavy (non-hydrogen) atoms. The number of rotatable bonds is 11. The van der Waals surface area contributed by atoms with E-state index in [0.717, 1.165) is 0 Å². The summed E-state index contributed by atoms with van der Waals surface area (Å²) in [7, 11) is 0. The Labute approximate surface area is 202 Å². The van der Waals surface area contributed by atoms with E-state index >= 15 is 0 Å². The average molecular weight is 533 g/mol. The summed E-state index contributed by atoms with van der Waals surface area (Å²) >= 11 is 0. The first-order chi connectivity index (χ1) is 16.2. The Kier molecular flexibility index (Phi) is 11.1. The minimum atomic E-state index is -3.00. The average Bonchev–Trinajstić information content (AvgIpc) is 3.02. The van der Waals surface area contributed by atoms with E-state index in [1.165, 1.54) is 0 Å². The molecule has 0 spiro atoms. The van der Waals surface area contributed by atoms with Crippen LogP contribution >= 0.6 is 0 Å². The Bertz CT molecular complexity index is 783. The summed E-state index contributed by atoms with van der Waals surface area (Å²) in [6, 6.07) is 0. The van der Waals surface area contributed by atoms with Crippen molar-refractivity contribution in [3.63, 3.8) is 0 Å². The van der Waals surface area contributed by atoms with E-state index in [2.05, 4.69) is 0 Å². The number of aliphatic hydroxyl groups excluding tert-OH is 7. The van der Waals surface area contributed by atoms with Crippen molar-refractivity contribution in [2.75, 3.05) is 19.8 Å². The normalized spacial score (nSPS) is 38.0. The van der Waals surface area contributed by atoms with Gasteiger partial charge < -0.3 is 76.2 Å². The van der Waals surface area contributed by atoms with Crippen LogP contribution in [0.2, 0.25) is 0 Å². The first kappa shape index (κ1) is 32.0. The molecular formula is C18H31NO17. The van der Waals surface area contributed by atoms with Gasteiger partial charge in [0.25, 0.3) is 0 Å². The van der Waals surface area contributed by atoms with Crippen LogP contribution < -0.4 is 6.15 Å². The van der Waals surface area contributed by atoms with Crippen molar-refractivity contribution in [3.05, 3.63) is 0 Å². The molecule has 2 aliphatic rings. The number of ether oxygens (including phenoxy) is 4. The van der Waals surface area contributed by atoms with Crippen molar-refractivity contribution in [3.8, 4) is 0 Å². The van der Waals surface area contributed by atoms with Crippen LogP contribution in [0.5, 0.6) is 0 Å². The first-order valence-electron chi connectivity index (χ1n) is 10.2. The number of aliphatic hydroxyl groups is 8. The molecule has 13 N–H and O–H groups in total. The third-order valence-electron chi connectivity index (χ3n) is 5.58. The van der Waals surface area contributed by atoms with Crippen molar-refractivity contribution in [1.29, 1.82) is 0 Å². The second-order valence-corrected chi connectivity index (χ2v) is 8.14. The molecule has 0 aromatic rings. The highest BCUT2D eigenvalue weighted by atomic mass is 16.8. The third kappa shape index (κ3) is 6.62. The highest BCUT2D eigenvalue weighted by molar-refractivity contribution is 5.88. The van der Waals surface area contributed by atoms with E-state index in [4.69, 9.17) is 29.2 Å². The fourth-order valence-electron chi connectivity index (χ4n) is 3.55. The summed E-state index contributed by atoms with van der Waals surface area (Å²) in [5.41, 5.74) is -3.00.